The third-order valence-corrected chi connectivity index (χ3v) is 8.26. The highest BCUT2D eigenvalue weighted by Crippen LogP contribution is 2.48. The van der Waals surface area contributed by atoms with Crippen molar-refractivity contribution in [2.75, 3.05) is 7.11 Å². The standard InChI is InChI=1S/C33H39FN2O3/c1-19(2)35-17-26-14-24(10-12-27(26)28-16-32(38-5)36-18-29(28)34)30-13-11-22-6-9-25(15-31(22)39-30)33(23-7-8-23)20(3)21(4)37/h6,9-10,12,14-16,18-20,23,30,33,35H,7-8,11,13,17H2,1-5H3/t20-,30?,33+/m1/s1. The van der Waals surface area contributed by atoms with Gasteiger partial charge in [0.15, 0.2) is 0 Å². The Morgan fingerprint density at radius 3 is 2.59 bits per heavy atom. The number of nitrogens with zero attached hydrogens (tertiary/aromatic N) is 1. The normalized spacial score (nSPS) is 18.3. The van der Waals surface area contributed by atoms with E-state index >= 15 is 0 Å². The average molecular weight is 531 g/mol. The van der Waals surface area contributed by atoms with Crippen LogP contribution in [0.15, 0.2) is 48.7 Å². The highest BCUT2D eigenvalue weighted by molar-refractivity contribution is 5.79. The van der Waals surface area contributed by atoms with E-state index in [1.807, 2.05) is 12.1 Å². The molecule has 5 nitrogen and oxygen atoms in total. The second kappa shape index (κ2) is 11.5. The van der Waals surface area contributed by atoms with Gasteiger partial charge in [0.25, 0.3) is 0 Å². The summed E-state index contributed by atoms with van der Waals surface area (Å²) < 4.78 is 26.8. The van der Waals surface area contributed by atoms with Crippen LogP contribution in [0.4, 0.5) is 4.39 Å². The summed E-state index contributed by atoms with van der Waals surface area (Å²) in [6.07, 6.45) is 5.28. The van der Waals surface area contributed by atoms with Gasteiger partial charge in [-0.1, -0.05) is 51.1 Å². The lowest BCUT2D eigenvalue weighted by Gasteiger charge is -2.29. The molecule has 6 heteroatoms. The Morgan fingerprint density at radius 1 is 1.10 bits per heavy atom. The van der Waals surface area contributed by atoms with Crippen LogP contribution < -0.4 is 14.8 Å². The first-order valence-electron chi connectivity index (χ1n) is 14.1. The number of halogens is 1. The van der Waals surface area contributed by atoms with E-state index in [-0.39, 0.29) is 35.6 Å². The van der Waals surface area contributed by atoms with Gasteiger partial charge in [-0.15, -0.1) is 0 Å². The molecule has 2 aromatic carbocycles. The van der Waals surface area contributed by atoms with Gasteiger partial charge in [-0.05, 0) is 78.3 Å². The molecule has 0 saturated heterocycles. The van der Waals surface area contributed by atoms with E-state index in [1.165, 1.54) is 37.3 Å². The maximum absolute atomic E-state index is 14.9. The smallest absolute Gasteiger partial charge is 0.213 e. The van der Waals surface area contributed by atoms with Gasteiger partial charge >= 0.3 is 0 Å². The second-order valence-electron chi connectivity index (χ2n) is 11.4. The SMILES string of the molecule is COc1cc(-c2ccc(C3CCc4ccc([C@H](C5CC5)[C@H](C)C(C)=O)cc4O3)cc2CNC(C)C)c(F)cn1. The number of carbonyl (C=O) groups is 1. The molecule has 3 atom stereocenters. The Kier molecular flexibility index (Phi) is 8.03. The number of fused-ring (bicyclic) bond motifs is 1. The summed E-state index contributed by atoms with van der Waals surface area (Å²) in [4.78, 5) is 16.3. The summed E-state index contributed by atoms with van der Waals surface area (Å²) in [5, 5.41) is 3.48. The van der Waals surface area contributed by atoms with Crippen LogP contribution in [0.1, 0.15) is 81.2 Å². The number of Topliss-reactive ketones (excluding diaryl/α,β-unsaturated/α-hetero) is 1. The van der Waals surface area contributed by atoms with E-state index in [0.29, 0.717) is 23.9 Å². The molecule has 1 N–H and O–H groups in total. The number of carbonyl (C=O) groups excluding carboxylic acids is 1. The predicted octanol–water partition coefficient (Wildman–Crippen LogP) is 7.18. The molecule has 1 saturated carbocycles. The van der Waals surface area contributed by atoms with Crippen molar-refractivity contribution in [3.63, 3.8) is 0 Å². The van der Waals surface area contributed by atoms with Crippen LogP contribution in [0.25, 0.3) is 11.1 Å². The summed E-state index contributed by atoms with van der Waals surface area (Å²) in [7, 11) is 1.53. The molecule has 206 valence electrons. The average Bonchev–Trinajstić information content (AvgIpc) is 3.77. The van der Waals surface area contributed by atoms with Crippen LogP contribution in [0.5, 0.6) is 11.6 Å². The zero-order valence-corrected chi connectivity index (χ0v) is 23.6. The van der Waals surface area contributed by atoms with Crippen molar-refractivity contribution < 1.29 is 18.7 Å². The molecule has 2 heterocycles. The van der Waals surface area contributed by atoms with E-state index in [4.69, 9.17) is 9.47 Å². The summed E-state index contributed by atoms with van der Waals surface area (Å²) >= 11 is 0. The van der Waals surface area contributed by atoms with Crippen LogP contribution in [0.3, 0.4) is 0 Å². The zero-order valence-electron chi connectivity index (χ0n) is 23.6. The van der Waals surface area contributed by atoms with Crippen molar-refractivity contribution in [3.8, 4) is 22.8 Å². The Bertz CT molecular complexity index is 1350. The van der Waals surface area contributed by atoms with Gasteiger partial charge < -0.3 is 14.8 Å². The van der Waals surface area contributed by atoms with E-state index in [9.17, 15) is 9.18 Å². The molecular weight excluding hydrogens is 491 g/mol. The lowest BCUT2D eigenvalue weighted by atomic mass is 9.80. The molecule has 1 unspecified atom stereocenters. The number of aromatic nitrogens is 1. The van der Waals surface area contributed by atoms with Crippen LogP contribution in [-0.4, -0.2) is 23.9 Å². The molecule has 5 rings (SSSR count). The lowest BCUT2D eigenvalue weighted by molar-refractivity contribution is -0.121. The molecule has 39 heavy (non-hydrogen) atoms. The lowest BCUT2D eigenvalue weighted by Crippen LogP contribution is -2.23. The van der Waals surface area contributed by atoms with Crippen LogP contribution in [-0.2, 0) is 17.8 Å². The van der Waals surface area contributed by atoms with E-state index in [1.54, 1.807) is 13.0 Å². The third-order valence-electron chi connectivity index (χ3n) is 8.26. The molecular formula is C33H39FN2O3. The fourth-order valence-corrected chi connectivity index (χ4v) is 5.78. The van der Waals surface area contributed by atoms with Crippen molar-refractivity contribution in [3.05, 3.63) is 76.7 Å². The van der Waals surface area contributed by atoms with Gasteiger partial charge in [-0.3, -0.25) is 4.79 Å². The van der Waals surface area contributed by atoms with Gasteiger partial charge in [0.2, 0.25) is 5.88 Å². The summed E-state index contributed by atoms with van der Waals surface area (Å²) in [5.41, 5.74) is 5.78. The predicted molar refractivity (Wildman–Crippen MR) is 152 cm³/mol. The number of nitrogens with one attached hydrogen (secondary N) is 1. The molecule has 1 aromatic heterocycles. The Balaban J connectivity index is 1.45. The minimum atomic E-state index is -0.380. The molecule has 2 aliphatic rings. The number of hydrogen-bond acceptors (Lipinski definition) is 5. The molecule has 0 spiro atoms. The number of ketones is 1. The summed E-state index contributed by atoms with van der Waals surface area (Å²) in [5.74, 6) is 2.00. The first-order chi connectivity index (χ1) is 18.7. The van der Waals surface area contributed by atoms with Crippen LogP contribution >= 0.6 is 0 Å². The number of rotatable bonds is 10. The molecule has 0 radical (unpaired) electrons. The Hall–Kier alpha value is -3.25. The largest absolute Gasteiger partial charge is 0.485 e. The number of hydrogen-bond donors (Lipinski definition) is 1. The van der Waals surface area contributed by atoms with E-state index in [2.05, 4.69) is 55.3 Å². The molecule has 0 amide bonds. The minimum absolute atomic E-state index is 0.00528. The quantitative estimate of drug-likeness (QED) is 0.301. The van der Waals surface area contributed by atoms with Crippen molar-refractivity contribution >= 4 is 5.78 Å². The van der Waals surface area contributed by atoms with E-state index in [0.717, 1.165) is 35.3 Å². The monoisotopic (exact) mass is 530 g/mol. The topological polar surface area (TPSA) is 60.5 Å². The number of ether oxygens (including phenoxy) is 2. The van der Waals surface area contributed by atoms with Gasteiger partial charge in [0.1, 0.15) is 23.5 Å². The van der Waals surface area contributed by atoms with Crippen LogP contribution in [0.2, 0.25) is 0 Å². The molecule has 1 aliphatic carbocycles. The number of methoxy groups -OCH3 is 1. The third kappa shape index (κ3) is 6.01. The number of benzene rings is 2. The van der Waals surface area contributed by atoms with Crippen molar-refractivity contribution in [2.24, 2.45) is 11.8 Å². The van der Waals surface area contributed by atoms with Gasteiger partial charge in [-0.25, -0.2) is 9.37 Å². The minimum Gasteiger partial charge on any atom is -0.485 e. The number of pyridine rings is 1. The van der Waals surface area contributed by atoms with Crippen LogP contribution in [0, 0.1) is 17.7 Å². The molecule has 1 aliphatic heterocycles. The zero-order chi connectivity index (χ0) is 27.7. The van der Waals surface area contributed by atoms with Crippen molar-refractivity contribution in [2.45, 2.75) is 78.0 Å². The second-order valence-corrected chi connectivity index (χ2v) is 11.4. The summed E-state index contributed by atoms with van der Waals surface area (Å²) in [6.45, 7) is 8.56. The highest BCUT2D eigenvalue weighted by Gasteiger charge is 2.38. The molecule has 1 fully saturated rings. The first-order valence-corrected chi connectivity index (χ1v) is 14.1. The summed E-state index contributed by atoms with van der Waals surface area (Å²) in [6, 6.07) is 14.7. The molecule has 3 aromatic rings. The van der Waals surface area contributed by atoms with E-state index < -0.39 is 0 Å². The maximum Gasteiger partial charge on any atom is 0.213 e. The first kappa shape index (κ1) is 27.3. The maximum atomic E-state index is 14.9. The molecule has 0 bridgehead atoms. The fourth-order valence-electron chi connectivity index (χ4n) is 5.78. The van der Waals surface area contributed by atoms with Gasteiger partial charge in [-0.2, -0.15) is 0 Å². The van der Waals surface area contributed by atoms with Crippen molar-refractivity contribution in [1.29, 1.82) is 0 Å². The number of aryl methyl sites for hydroxylation is 1. The highest BCUT2D eigenvalue weighted by atomic mass is 19.1. The fraction of sp³-hybridized carbons (Fsp3) is 0.455. The Labute approximate surface area is 231 Å². The van der Waals surface area contributed by atoms with Crippen molar-refractivity contribution in [1.82, 2.24) is 10.3 Å². The van der Waals surface area contributed by atoms with Gasteiger partial charge in [0, 0.05) is 30.1 Å². The Morgan fingerprint density at radius 2 is 1.90 bits per heavy atom. The van der Waals surface area contributed by atoms with Gasteiger partial charge in [0.05, 0.1) is 13.3 Å².